The highest BCUT2D eigenvalue weighted by Crippen LogP contribution is 2.30. The molecule has 0 fully saturated rings. The van der Waals surface area contributed by atoms with E-state index in [1.807, 2.05) is 0 Å². The lowest BCUT2D eigenvalue weighted by molar-refractivity contribution is 0.498. The summed E-state index contributed by atoms with van der Waals surface area (Å²) in [5, 5.41) is 3.44. The fourth-order valence-corrected chi connectivity index (χ4v) is 3.36. The van der Waals surface area contributed by atoms with Crippen LogP contribution in [0.15, 0.2) is 36.7 Å². The number of fused-ring (bicyclic) bond motifs is 1. The Kier molecular flexibility index (Phi) is 4.16. The summed E-state index contributed by atoms with van der Waals surface area (Å²) in [5.41, 5.74) is 5.83. The number of nitrogens with one attached hydrogen (secondary N) is 1. The van der Waals surface area contributed by atoms with Gasteiger partial charge in [-0.1, -0.05) is 38.1 Å². The molecule has 21 heavy (non-hydrogen) atoms. The van der Waals surface area contributed by atoms with Crippen molar-refractivity contribution in [1.29, 1.82) is 0 Å². The second-order valence-corrected chi connectivity index (χ2v) is 6.54. The molecule has 1 heterocycles. The van der Waals surface area contributed by atoms with Crippen molar-refractivity contribution >= 4 is 0 Å². The van der Waals surface area contributed by atoms with Crippen LogP contribution in [0.3, 0.4) is 0 Å². The van der Waals surface area contributed by atoms with E-state index in [1.54, 1.807) is 0 Å². The highest BCUT2D eigenvalue weighted by Gasteiger charge is 2.20. The minimum Gasteiger partial charge on any atom is -0.349 e. The molecule has 0 saturated carbocycles. The Bertz CT molecular complexity index is 593. The lowest BCUT2D eigenvalue weighted by Crippen LogP contribution is -2.20. The summed E-state index contributed by atoms with van der Waals surface area (Å²) < 4.78 is 2.35. The molecule has 1 aromatic carbocycles. The van der Waals surface area contributed by atoms with Crippen LogP contribution in [0.4, 0.5) is 0 Å². The molecule has 1 aliphatic rings. The van der Waals surface area contributed by atoms with Gasteiger partial charge in [-0.15, -0.1) is 0 Å². The van der Waals surface area contributed by atoms with E-state index >= 15 is 0 Å². The fraction of sp³-hybridized carbons (Fsp3) is 0.474. The zero-order valence-electron chi connectivity index (χ0n) is 13.4. The van der Waals surface area contributed by atoms with E-state index in [-0.39, 0.29) is 0 Å². The third-order valence-electron chi connectivity index (χ3n) is 4.67. The first-order valence-corrected chi connectivity index (χ1v) is 8.12. The van der Waals surface area contributed by atoms with Crippen molar-refractivity contribution in [3.05, 3.63) is 58.9 Å². The Morgan fingerprint density at radius 2 is 1.95 bits per heavy atom. The smallest absolute Gasteiger partial charge is 0.0470 e. The molecule has 1 unspecified atom stereocenters. The van der Waals surface area contributed by atoms with Crippen LogP contribution in [0.2, 0.25) is 0 Å². The summed E-state index contributed by atoms with van der Waals surface area (Å²) in [6.45, 7) is 5.46. The van der Waals surface area contributed by atoms with Gasteiger partial charge in [0.05, 0.1) is 0 Å². The second-order valence-electron chi connectivity index (χ2n) is 6.54. The predicted octanol–water partition coefficient (Wildman–Crippen LogP) is 4.26. The Morgan fingerprint density at radius 3 is 2.62 bits per heavy atom. The molecule has 0 spiro atoms. The standard InChI is InChI=1S/C19H26N2/c1-14(2)16-9-7-15(8-10-16)11-21-12-17-5-4-6-19(20-3)18(17)13-21/h7-10,12-14,19-20H,4-6,11H2,1-3H3. The molecule has 0 radical (unpaired) electrons. The fourth-order valence-electron chi connectivity index (χ4n) is 3.36. The van der Waals surface area contributed by atoms with E-state index in [2.05, 4.69) is 67.4 Å². The molecular weight excluding hydrogens is 256 g/mol. The summed E-state index contributed by atoms with van der Waals surface area (Å²) in [7, 11) is 2.07. The van der Waals surface area contributed by atoms with Gasteiger partial charge in [-0.3, -0.25) is 0 Å². The van der Waals surface area contributed by atoms with Gasteiger partial charge in [0.1, 0.15) is 0 Å². The first-order chi connectivity index (χ1) is 10.2. The van der Waals surface area contributed by atoms with Crippen LogP contribution in [0.1, 0.15) is 60.9 Å². The number of hydrogen-bond donors (Lipinski definition) is 1. The molecule has 2 heteroatoms. The van der Waals surface area contributed by atoms with Gasteiger partial charge in [0, 0.05) is 25.0 Å². The average molecular weight is 282 g/mol. The van der Waals surface area contributed by atoms with E-state index in [0.717, 1.165) is 6.54 Å². The van der Waals surface area contributed by atoms with Crippen LogP contribution in [-0.4, -0.2) is 11.6 Å². The molecule has 0 saturated heterocycles. The van der Waals surface area contributed by atoms with Crippen LogP contribution >= 0.6 is 0 Å². The molecule has 1 N–H and O–H groups in total. The Hall–Kier alpha value is -1.54. The molecule has 3 rings (SSSR count). The first kappa shape index (κ1) is 14.4. The zero-order chi connectivity index (χ0) is 14.8. The van der Waals surface area contributed by atoms with Crippen LogP contribution in [-0.2, 0) is 13.0 Å². The van der Waals surface area contributed by atoms with Gasteiger partial charge in [0.2, 0.25) is 0 Å². The molecule has 1 atom stereocenters. The summed E-state index contributed by atoms with van der Waals surface area (Å²) in [4.78, 5) is 0. The van der Waals surface area contributed by atoms with E-state index in [4.69, 9.17) is 0 Å². The number of hydrogen-bond acceptors (Lipinski definition) is 1. The molecule has 0 amide bonds. The summed E-state index contributed by atoms with van der Waals surface area (Å²) in [6, 6.07) is 9.60. The van der Waals surface area contributed by atoms with Crippen molar-refractivity contribution in [2.45, 2.75) is 51.6 Å². The van der Waals surface area contributed by atoms with Crippen molar-refractivity contribution in [3.8, 4) is 0 Å². The maximum absolute atomic E-state index is 3.44. The Labute approximate surface area is 128 Å². The van der Waals surface area contributed by atoms with Crippen LogP contribution < -0.4 is 5.32 Å². The quantitative estimate of drug-likeness (QED) is 0.886. The minimum absolute atomic E-state index is 0.540. The number of aromatic nitrogens is 1. The normalized spacial score (nSPS) is 18.0. The van der Waals surface area contributed by atoms with Crippen molar-refractivity contribution in [2.75, 3.05) is 7.05 Å². The van der Waals surface area contributed by atoms with Crippen LogP contribution in [0.25, 0.3) is 0 Å². The van der Waals surface area contributed by atoms with Crippen molar-refractivity contribution in [1.82, 2.24) is 9.88 Å². The van der Waals surface area contributed by atoms with Crippen molar-refractivity contribution < 1.29 is 0 Å². The number of nitrogens with zero attached hydrogens (tertiary/aromatic N) is 1. The van der Waals surface area contributed by atoms with Crippen LogP contribution in [0.5, 0.6) is 0 Å². The molecule has 2 aromatic rings. The molecule has 1 aromatic heterocycles. The Balaban J connectivity index is 1.77. The molecule has 112 valence electrons. The van der Waals surface area contributed by atoms with Gasteiger partial charge < -0.3 is 9.88 Å². The van der Waals surface area contributed by atoms with E-state index in [1.165, 1.54) is 41.5 Å². The van der Waals surface area contributed by atoms with E-state index in [0.29, 0.717) is 12.0 Å². The molecular formula is C19H26N2. The third-order valence-corrected chi connectivity index (χ3v) is 4.67. The highest BCUT2D eigenvalue weighted by atomic mass is 15.0. The molecule has 0 bridgehead atoms. The summed E-state index contributed by atoms with van der Waals surface area (Å²) >= 11 is 0. The third kappa shape index (κ3) is 3.06. The largest absolute Gasteiger partial charge is 0.349 e. The average Bonchev–Trinajstić information content (AvgIpc) is 2.90. The molecule has 2 nitrogen and oxygen atoms in total. The minimum atomic E-state index is 0.540. The number of rotatable bonds is 4. The SMILES string of the molecule is CNC1CCCc2cn(Cc3ccc(C(C)C)cc3)cc21. The lowest BCUT2D eigenvalue weighted by Gasteiger charge is -2.21. The monoisotopic (exact) mass is 282 g/mol. The lowest BCUT2D eigenvalue weighted by atomic mass is 9.91. The number of benzene rings is 1. The van der Waals surface area contributed by atoms with E-state index in [9.17, 15) is 0 Å². The highest BCUT2D eigenvalue weighted by molar-refractivity contribution is 5.31. The summed E-state index contributed by atoms with van der Waals surface area (Å²) in [5.74, 6) is 0.606. The van der Waals surface area contributed by atoms with Gasteiger partial charge in [-0.2, -0.15) is 0 Å². The zero-order valence-corrected chi connectivity index (χ0v) is 13.4. The van der Waals surface area contributed by atoms with Crippen molar-refractivity contribution in [3.63, 3.8) is 0 Å². The van der Waals surface area contributed by atoms with Crippen LogP contribution in [0, 0.1) is 0 Å². The van der Waals surface area contributed by atoms with Gasteiger partial charge in [0.15, 0.2) is 0 Å². The van der Waals surface area contributed by atoms with Crippen molar-refractivity contribution in [2.24, 2.45) is 0 Å². The van der Waals surface area contributed by atoms with Gasteiger partial charge >= 0.3 is 0 Å². The van der Waals surface area contributed by atoms with Gasteiger partial charge in [-0.05, 0) is 54.5 Å². The van der Waals surface area contributed by atoms with Gasteiger partial charge in [-0.25, -0.2) is 0 Å². The Morgan fingerprint density at radius 1 is 1.19 bits per heavy atom. The van der Waals surface area contributed by atoms with E-state index < -0.39 is 0 Å². The number of aryl methyl sites for hydroxylation is 1. The topological polar surface area (TPSA) is 17.0 Å². The molecule has 0 aliphatic heterocycles. The maximum atomic E-state index is 3.44. The van der Waals surface area contributed by atoms with Gasteiger partial charge in [0.25, 0.3) is 0 Å². The first-order valence-electron chi connectivity index (χ1n) is 8.12. The molecule has 1 aliphatic carbocycles. The predicted molar refractivity (Wildman–Crippen MR) is 88.8 cm³/mol. The maximum Gasteiger partial charge on any atom is 0.0470 e. The summed E-state index contributed by atoms with van der Waals surface area (Å²) in [6.07, 6.45) is 8.47. The second kappa shape index (κ2) is 6.07.